The molecule has 1 aromatic rings. The number of fused-ring (bicyclic) bond motifs is 1. The van der Waals surface area contributed by atoms with Crippen LogP contribution >= 0.6 is 11.6 Å². The number of carbonyl (C=O) groups excluding carboxylic acids is 2. The summed E-state index contributed by atoms with van der Waals surface area (Å²) in [7, 11) is 0. The van der Waals surface area contributed by atoms with Gasteiger partial charge in [0, 0.05) is 44.3 Å². The van der Waals surface area contributed by atoms with Crippen molar-refractivity contribution in [2.24, 2.45) is 0 Å². The topological polar surface area (TPSA) is 76.6 Å². The number of piperidine rings is 1. The van der Waals surface area contributed by atoms with Crippen molar-refractivity contribution < 1.29 is 19.4 Å². The fourth-order valence-electron chi connectivity index (χ4n) is 7.77. The second-order valence-electron chi connectivity index (χ2n) is 12.9. The zero-order valence-corrected chi connectivity index (χ0v) is 25.1. The van der Waals surface area contributed by atoms with E-state index >= 15 is 0 Å². The number of carbonyl (C=O) groups is 2. The monoisotopic (exact) mass is 586 g/mol. The van der Waals surface area contributed by atoms with Gasteiger partial charge < -0.3 is 19.6 Å². The van der Waals surface area contributed by atoms with Crippen LogP contribution in [-0.4, -0.2) is 106 Å². The molecule has 226 valence electrons. The van der Waals surface area contributed by atoms with Crippen molar-refractivity contribution in [3.63, 3.8) is 0 Å². The number of nitrogens with zero attached hydrogens (tertiary/aromatic N) is 4. The molecule has 1 N–H and O–H groups in total. The quantitative estimate of drug-likeness (QED) is 0.417. The van der Waals surface area contributed by atoms with Crippen molar-refractivity contribution in [3.8, 4) is 0 Å². The fraction of sp³-hybridized carbons (Fsp3) is 0.750. The summed E-state index contributed by atoms with van der Waals surface area (Å²) in [6.07, 6.45) is 16.0. The van der Waals surface area contributed by atoms with Crippen molar-refractivity contribution in [3.05, 3.63) is 35.4 Å². The lowest BCUT2D eigenvalue weighted by molar-refractivity contribution is -0.201. The number of aliphatic hydroxyl groups is 1. The third-order valence-corrected chi connectivity index (χ3v) is 10.7. The molecule has 41 heavy (non-hydrogen) atoms. The van der Waals surface area contributed by atoms with E-state index in [1.807, 2.05) is 17.0 Å². The Balaban J connectivity index is 1.15. The van der Waals surface area contributed by atoms with Crippen LogP contribution in [0.5, 0.6) is 0 Å². The molecule has 0 bridgehead atoms. The van der Waals surface area contributed by atoms with Gasteiger partial charge in [0.15, 0.2) is 5.60 Å². The average Bonchev–Trinajstić information content (AvgIpc) is 3.30. The molecule has 5 aliphatic rings. The van der Waals surface area contributed by atoms with E-state index in [1.54, 1.807) is 4.90 Å². The van der Waals surface area contributed by atoms with E-state index in [-0.39, 0.29) is 36.6 Å². The highest BCUT2D eigenvalue weighted by Crippen LogP contribution is 2.46. The van der Waals surface area contributed by atoms with E-state index in [0.717, 1.165) is 6.54 Å². The van der Waals surface area contributed by atoms with E-state index in [1.165, 1.54) is 82.6 Å². The predicted molar refractivity (Wildman–Crippen MR) is 159 cm³/mol. The van der Waals surface area contributed by atoms with Gasteiger partial charge in [-0.2, -0.15) is 0 Å². The first-order valence-corrected chi connectivity index (χ1v) is 16.6. The van der Waals surface area contributed by atoms with E-state index in [2.05, 4.69) is 21.9 Å². The standard InChI is InChI=1S/C32H47ClN4O4/c33-29-28(37(27-12-8-9-17-36(27)29)26-10-6-4-2-1-3-5-7-11-26)24-13-15-25(16-14-24)30(38)34-18-20-35(21-19-34)31(39)32(40)22-41-23-32/h13-16,26-29,40H,1-12,17-23H2. The third kappa shape index (κ3) is 6.05. The van der Waals surface area contributed by atoms with Crippen molar-refractivity contribution in [1.29, 1.82) is 0 Å². The number of ether oxygens (including phenoxy) is 1. The molecule has 1 aromatic carbocycles. The highest BCUT2D eigenvalue weighted by atomic mass is 35.5. The number of hydrogen-bond donors (Lipinski definition) is 1. The summed E-state index contributed by atoms with van der Waals surface area (Å²) in [4.78, 5) is 34.8. The van der Waals surface area contributed by atoms with Crippen molar-refractivity contribution in [2.45, 2.75) is 106 Å². The minimum absolute atomic E-state index is 0.00945. The Kier molecular flexibility index (Phi) is 9.23. The van der Waals surface area contributed by atoms with Crippen LogP contribution in [0.4, 0.5) is 0 Å². The Morgan fingerprint density at radius 1 is 0.780 bits per heavy atom. The maximum atomic E-state index is 13.4. The second-order valence-corrected chi connectivity index (χ2v) is 13.4. The van der Waals surface area contributed by atoms with Crippen LogP contribution < -0.4 is 0 Å². The van der Waals surface area contributed by atoms with Crippen LogP contribution in [0.2, 0.25) is 0 Å². The highest BCUT2D eigenvalue weighted by Gasteiger charge is 2.50. The van der Waals surface area contributed by atoms with E-state index in [9.17, 15) is 14.7 Å². The third-order valence-electron chi connectivity index (χ3n) is 10.2. The lowest BCUT2D eigenvalue weighted by Gasteiger charge is -2.42. The Hall–Kier alpha value is -1.71. The fourth-order valence-corrected chi connectivity index (χ4v) is 8.28. The summed E-state index contributed by atoms with van der Waals surface area (Å²) >= 11 is 7.29. The summed E-state index contributed by atoms with van der Waals surface area (Å²) in [5.41, 5.74) is 0.434. The molecule has 9 heteroatoms. The maximum absolute atomic E-state index is 13.4. The molecule has 4 heterocycles. The molecule has 3 atom stereocenters. The van der Waals surface area contributed by atoms with Crippen molar-refractivity contribution in [1.82, 2.24) is 19.6 Å². The van der Waals surface area contributed by atoms with Gasteiger partial charge in [-0.05, 0) is 49.8 Å². The molecular weight excluding hydrogens is 540 g/mol. The first-order valence-electron chi connectivity index (χ1n) is 16.1. The number of amides is 2. The highest BCUT2D eigenvalue weighted by molar-refractivity contribution is 6.21. The first-order chi connectivity index (χ1) is 20.0. The zero-order chi connectivity index (χ0) is 28.4. The van der Waals surface area contributed by atoms with Crippen LogP contribution in [0.3, 0.4) is 0 Å². The molecule has 5 fully saturated rings. The van der Waals surface area contributed by atoms with Gasteiger partial charge in [0.25, 0.3) is 11.8 Å². The molecule has 6 rings (SSSR count). The minimum Gasteiger partial charge on any atom is -0.376 e. The molecule has 0 aromatic heterocycles. The Bertz CT molecular complexity index is 1050. The lowest BCUT2D eigenvalue weighted by Crippen LogP contribution is -2.64. The van der Waals surface area contributed by atoms with Gasteiger partial charge in [0.2, 0.25) is 0 Å². The summed E-state index contributed by atoms with van der Waals surface area (Å²) in [5.74, 6) is -0.298. The summed E-state index contributed by atoms with van der Waals surface area (Å²) in [5, 5.41) is 10.3. The molecule has 0 radical (unpaired) electrons. The minimum atomic E-state index is -1.39. The maximum Gasteiger partial charge on any atom is 0.259 e. The number of rotatable bonds is 4. The number of hydrogen-bond acceptors (Lipinski definition) is 6. The molecule has 0 spiro atoms. The number of piperazine rings is 1. The Labute approximate surface area is 249 Å². The summed E-state index contributed by atoms with van der Waals surface area (Å²) in [6, 6.07) is 8.88. The van der Waals surface area contributed by atoms with Gasteiger partial charge in [-0.1, -0.05) is 57.1 Å². The van der Waals surface area contributed by atoms with Crippen LogP contribution in [0, 0.1) is 0 Å². The van der Waals surface area contributed by atoms with E-state index in [0.29, 0.717) is 44.0 Å². The largest absolute Gasteiger partial charge is 0.376 e. The Morgan fingerprint density at radius 3 is 1.98 bits per heavy atom. The van der Waals surface area contributed by atoms with Gasteiger partial charge in [0.05, 0.1) is 25.4 Å². The van der Waals surface area contributed by atoms with E-state index in [4.69, 9.17) is 16.3 Å². The van der Waals surface area contributed by atoms with Crippen LogP contribution in [0.15, 0.2) is 24.3 Å². The molecular formula is C32H47ClN4O4. The van der Waals surface area contributed by atoms with Crippen molar-refractivity contribution >= 4 is 23.4 Å². The van der Waals surface area contributed by atoms with Gasteiger partial charge >= 0.3 is 0 Å². The van der Waals surface area contributed by atoms with E-state index < -0.39 is 5.60 Å². The SMILES string of the molecule is O=C(c1ccc(C2C(Cl)N3CCCCC3N2C2CCCCCCCCC2)cc1)N1CCN(C(=O)C2(O)COC2)CC1. The molecule has 1 aliphatic carbocycles. The molecule has 1 saturated carbocycles. The summed E-state index contributed by atoms with van der Waals surface area (Å²) < 4.78 is 5.03. The zero-order valence-electron chi connectivity index (χ0n) is 24.4. The first kappa shape index (κ1) is 29.4. The van der Waals surface area contributed by atoms with Gasteiger partial charge in [0.1, 0.15) is 5.50 Å². The van der Waals surface area contributed by atoms with Crippen LogP contribution in [0.1, 0.15) is 99.0 Å². The van der Waals surface area contributed by atoms with Gasteiger partial charge in [-0.3, -0.25) is 19.4 Å². The van der Waals surface area contributed by atoms with Crippen LogP contribution in [-0.2, 0) is 9.53 Å². The molecule has 4 aliphatic heterocycles. The number of halogens is 1. The van der Waals surface area contributed by atoms with Gasteiger partial charge in [-0.15, -0.1) is 11.6 Å². The molecule has 4 saturated heterocycles. The second kappa shape index (κ2) is 12.9. The Morgan fingerprint density at radius 2 is 1.37 bits per heavy atom. The lowest BCUT2D eigenvalue weighted by atomic mass is 9.93. The predicted octanol–water partition coefficient (Wildman–Crippen LogP) is 4.36. The van der Waals surface area contributed by atoms with Crippen LogP contribution in [0.25, 0.3) is 0 Å². The molecule has 3 unspecified atom stereocenters. The average molecular weight is 587 g/mol. The van der Waals surface area contributed by atoms with Gasteiger partial charge in [-0.25, -0.2) is 0 Å². The number of alkyl halides is 1. The normalized spacial score (nSPS) is 30.4. The van der Waals surface area contributed by atoms with Crippen molar-refractivity contribution in [2.75, 3.05) is 45.9 Å². The summed E-state index contributed by atoms with van der Waals surface area (Å²) in [6.45, 7) is 2.94. The number of benzene rings is 1. The molecule has 8 nitrogen and oxygen atoms in total. The molecule has 2 amide bonds. The smallest absolute Gasteiger partial charge is 0.259 e.